The van der Waals surface area contributed by atoms with E-state index in [4.69, 9.17) is 4.74 Å². The molecule has 4 rings (SSSR count). The molecule has 27 heavy (non-hydrogen) atoms. The molecule has 0 saturated carbocycles. The molecule has 1 N–H and O–H groups in total. The Morgan fingerprint density at radius 3 is 2.52 bits per heavy atom. The largest absolute Gasteiger partial charge is 0.379 e. The summed E-state index contributed by atoms with van der Waals surface area (Å²) >= 11 is 0. The number of hydrogen-bond donors (Lipinski definition) is 1. The molecule has 3 aliphatic heterocycles. The van der Waals surface area contributed by atoms with Gasteiger partial charge in [-0.3, -0.25) is 14.4 Å². The Morgan fingerprint density at radius 2 is 1.89 bits per heavy atom. The van der Waals surface area contributed by atoms with Gasteiger partial charge in [-0.2, -0.15) is 5.10 Å². The van der Waals surface area contributed by atoms with Crippen LogP contribution in [0.1, 0.15) is 19.8 Å². The highest BCUT2D eigenvalue weighted by molar-refractivity contribution is 5.86. The van der Waals surface area contributed by atoms with Crippen LogP contribution < -0.4 is 5.32 Å². The first-order valence-corrected chi connectivity index (χ1v) is 9.53. The van der Waals surface area contributed by atoms with Crippen molar-refractivity contribution in [1.82, 2.24) is 24.9 Å². The predicted octanol–water partition coefficient (Wildman–Crippen LogP) is 0.984. The Morgan fingerprint density at radius 1 is 1.19 bits per heavy atom. The summed E-state index contributed by atoms with van der Waals surface area (Å²) in [5.41, 5.74) is -0.519. The second kappa shape index (κ2) is 9.56. The van der Waals surface area contributed by atoms with Gasteiger partial charge in [0.1, 0.15) is 5.54 Å². The molecule has 1 aromatic heterocycles. The van der Waals surface area contributed by atoms with E-state index in [1.165, 1.54) is 0 Å². The van der Waals surface area contributed by atoms with E-state index in [1.54, 1.807) is 6.20 Å². The van der Waals surface area contributed by atoms with E-state index >= 15 is 0 Å². The summed E-state index contributed by atoms with van der Waals surface area (Å²) in [5, 5.41) is 7.83. The molecule has 3 fully saturated rings. The highest BCUT2D eigenvalue weighted by Crippen LogP contribution is 2.32. The van der Waals surface area contributed by atoms with E-state index in [-0.39, 0.29) is 30.7 Å². The minimum Gasteiger partial charge on any atom is -0.379 e. The van der Waals surface area contributed by atoms with Gasteiger partial charge in [0.25, 0.3) is 5.91 Å². The molecule has 2 unspecified atom stereocenters. The van der Waals surface area contributed by atoms with Crippen molar-refractivity contribution in [2.45, 2.75) is 31.3 Å². The number of ether oxygens (including phenoxy) is 1. The average Bonchev–Trinajstić information content (AvgIpc) is 3.32. The van der Waals surface area contributed by atoms with Crippen LogP contribution in [0.3, 0.4) is 0 Å². The van der Waals surface area contributed by atoms with Crippen molar-refractivity contribution in [3.05, 3.63) is 18.5 Å². The second-order valence-electron chi connectivity index (χ2n) is 7.64. The molecule has 3 aliphatic rings. The molecule has 1 amide bonds. The second-order valence-corrected chi connectivity index (χ2v) is 7.64. The maximum Gasteiger partial charge on any atom is 0.250 e. The number of hydrogen-bond acceptors (Lipinski definition) is 5. The normalized spacial score (nSPS) is 28.3. The smallest absolute Gasteiger partial charge is 0.250 e. The van der Waals surface area contributed by atoms with Crippen molar-refractivity contribution in [2.75, 3.05) is 52.5 Å². The number of carbonyl (C=O) groups is 1. The summed E-state index contributed by atoms with van der Waals surface area (Å²) in [6.45, 7) is 9.24. The van der Waals surface area contributed by atoms with Gasteiger partial charge in [-0.1, -0.05) is 6.92 Å². The van der Waals surface area contributed by atoms with Crippen LogP contribution in [-0.4, -0.2) is 84.0 Å². The number of amides is 1. The van der Waals surface area contributed by atoms with Gasteiger partial charge < -0.3 is 15.0 Å². The van der Waals surface area contributed by atoms with Crippen LogP contribution in [0.25, 0.3) is 0 Å². The van der Waals surface area contributed by atoms with Gasteiger partial charge in [-0.25, -0.2) is 0 Å². The summed E-state index contributed by atoms with van der Waals surface area (Å²) in [7, 11) is 0. The number of aromatic nitrogens is 2. The Kier molecular flexibility index (Phi) is 7.94. The SMILES string of the molecule is CC1CN(C(=O)C2(n3cccn3)CCNCC2)CC1N1CCOCC1.Cl.Cl. The molecule has 7 nitrogen and oxygen atoms in total. The van der Waals surface area contributed by atoms with E-state index < -0.39 is 5.54 Å². The first-order valence-electron chi connectivity index (χ1n) is 9.53. The molecule has 9 heteroatoms. The fourth-order valence-electron chi connectivity index (χ4n) is 4.70. The van der Waals surface area contributed by atoms with E-state index in [9.17, 15) is 4.79 Å². The lowest BCUT2D eigenvalue weighted by Crippen LogP contribution is -2.56. The molecule has 1 aromatic rings. The quantitative estimate of drug-likeness (QED) is 0.790. The topological polar surface area (TPSA) is 62.6 Å². The Bertz CT molecular complexity index is 589. The van der Waals surface area contributed by atoms with Crippen molar-refractivity contribution in [2.24, 2.45) is 5.92 Å². The molecule has 0 aliphatic carbocycles. The molecule has 0 radical (unpaired) electrons. The molecule has 154 valence electrons. The lowest BCUT2D eigenvalue weighted by atomic mass is 9.87. The van der Waals surface area contributed by atoms with Crippen LogP contribution in [0, 0.1) is 5.92 Å². The summed E-state index contributed by atoms with van der Waals surface area (Å²) in [6, 6.07) is 2.37. The number of nitrogens with zero attached hydrogens (tertiary/aromatic N) is 4. The van der Waals surface area contributed by atoms with Gasteiger partial charge in [-0.05, 0) is 37.9 Å². The van der Waals surface area contributed by atoms with Gasteiger partial charge in [0, 0.05) is 44.6 Å². The fourth-order valence-corrected chi connectivity index (χ4v) is 4.70. The van der Waals surface area contributed by atoms with Gasteiger partial charge in [-0.15, -0.1) is 24.8 Å². The number of piperidine rings is 1. The van der Waals surface area contributed by atoms with Crippen LogP contribution >= 0.6 is 24.8 Å². The van der Waals surface area contributed by atoms with Crippen molar-refractivity contribution >= 4 is 30.7 Å². The number of likely N-dealkylation sites (tertiary alicyclic amines) is 1. The molecule has 0 aromatic carbocycles. The third-order valence-electron chi connectivity index (χ3n) is 6.15. The van der Waals surface area contributed by atoms with Gasteiger partial charge in [0.15, 0.2) is 0 Å². The summed E-state index contributed by atoms with van der Waals surface area (Å²) < 4.78 is 7.39. The average molecular weight is 420 g/mol. The first-order chi connectivity index (χ1) is 12.2. The molecule has 0 bridgehead atoms. The zero-order valence-electron chi connectivity index (χ0n) is 15.9. The monoisotopic (exact) mass is 419 g/mol. The third-order valence-corrected chi connectivity index (χ3v) is 6.15. The molecule has 3 saturated heterocycles. The predicted molar refractivity (Wildman–Crippen MR) is 109 cm³/mol. The first kappa shape index (κ1) is 22.4. The van der Waals surface area contributed by atoms with Gasteiger partial charge in [0.05, 0.1) is 13.2 Å². The number of halogens is 2. The van der Waals surface area contributed by atoms with Crippen LogP contribution in [0.15, 0.2) is 18.5 Å². The maximum absolute atomic E-state index is 13.6. The molecule has 0 spiro atoms. The number of rotatable bonds is 3. The van der Waals surface area contributed by atoms with Crippen molar-refractivity contribution in [1.29, 1.82) is 0 Å². The van der Waals surface area contributed by atoms with Crippen LogP contribution in [-0.2, 0) is 15.1 Å². The molecular weight excluding hydrogens is 389 g/mol. The van der Waals surface area contributed by atoms with Crippen molar-refractivity contribution < 1.29 is 9.53 Å². The van der Waals surface area contributed by atoms with E-state index in [0.29, 0.717) is 12.0 Å². The lowest BCUT2D eigenvalue weighted by Gasteiger charge is -2.39. The lowest BCUT2D eigenvalue weighted by molar-refractivity contribution is -0.142. The fraction of sp³-hybridized carbons (Fsp3) is 0.778. The van der Waals surface area contributed by atoms with E-state index in [0.717, 1.165) is 65.3 Å². The number of morpholine rings is 1. The van der Waals surface area contributed by atoms with E-state index in [1.807, 2.05) is 16.9 Å². The van der Waals surface area contributed by atoms with E-state index in [2.05, 4.69) is 27.1 Å². The molecular formula is C18H31Cl2N5O2. The Labute approximate surface area is 173 Å². The van der Waals surface area contributed by atoms with Crippen LogP contribution in [0.2, 0.25) is 0 Å². The van der Waals surface area contributed by atoms with Gasteiger partial charge >= 0.3 is 0 Å². The zero-order valence-corrected chi connectivity index (χ0v) is 17.5. The maximum atomic E-state index is 13.6. The Balaban J connectivity index is 0.00000131. The minimum atomic E-state index is -0.519. The summed E-state index contributed by atoms with van der Waals surface area (Å²) in [6.07, 6.45) is 5.34. The van der Waals surface area contributed by atoms with Gasteiger partial charge in [0.2, 0.25) is 0 Å². The third kappa shape index (κ3) is 4.27. The zero-order chi connectivity index (χ0) is 17.3. The molecule has 4 heterocycles. The standard InChI is InChI=1S/C18H29N5O2.2ClH/c1-15-13-22(14-16(15)21-9-11-25-12-10-21)17(24)18(3-6-19-7-4-18)23-8-2-5-20-23;;/h2,5,8,15-16,19H,3-4,6-7,9-14H2,1H3;2*1H. The van der Waals surface area contributed by atoms with Crippen molar-refractivity contribution in [3.8, 4) is 0 Å². The summed E-state index contributed by atoms with van der Waals surface area (Å²) in [5.74, 6) is 0.749. The molecule has 2 atom stereocenters. The number of nitrogens with one attached hydrogen (secondary N) is 1. The van der Waals surface area contributed by atoms with Crippen LogP contribution in [0.4, 0.5) is 0 Å². The highest BCUT2D eigenvalue weighted by Gasteiger charge is 2.47. The Hall–Kier alpha value is -0.860. The summed E-state index contributed by atoms with van der Waals surface area (Å²) in [4.78, 5) is 18.2. The number of carbonyl (C=O) groups excluding carboxylic acids is 1. The highest BCUT2D eigenvalue weighted by atomic mass is 35.5. The van der Waals surface area contributed by atoms with Crippen LogP contribution in [0.5, 0.6) is 0 Å². The van der Waals surface area contributed by atoms with Crippen molar-refractivity contribution in [3.63, 3.8) is 0 Å². The minimum absolute atomic E-state index is 0.